The first-order valence-corrected chi connectivity index (χ1v) is 3.79. The van der Waals surface area contributed by atoms with E-state index >= 15 is 0 Å². The summed E-state index contributed by atoms with van der Waals surface area (Å²) >= 11 is 0. The standard InChI is InChI=1S/C9H12N2O/c1-7-5-4-6-9(10-3)11(7)8(2)12/h4-6H,1-3H3. The number of hydrogen-bond donors (Lipinski definition) is 0. The fraction of sp³-hybridized carbons (Fsp3) is 0.333. The van der Waals surface area contributed by atoms with Gasteiger partial charge in [-0.05, 0) is 19.1 Å². The molecule has 0 amide bonds. The van der Waals surface area contributed by atoms with Crippen LogP contribution in [0.2, 0.25) is 0 Å². The number of hydrogen-bond acceptors (Lipinski definition) is 2. The molecule has 0 saturated heterocycles. The van der Waals surface area contributed by atoms with Gasteiger partial charge in [0.2, 0.25) is 5.91 Å². The first-order valence-electron chi connectivity index (χ1n) is 3.79. The molecular weight excluding hydrogens is 152 g/mol. The fourth-order valence-corrected chi connectivity index (χ4v) is 1.19. The highest BCUT2D eigenvalue weighted by molar-refractivity contribution is 5.76. The van der Waals surface area contributed by atoms with Crippen molar-refractivity contribution in [3.63, 3.8) is 0 Å². The highest BCUT2D eigenvalue weighted by Gasteiger charge is 2.00. The number of nitrogens with zero attached hydrogens (tertiary/aromatic N) is 2. The van der Waals surface area contributed by atoms with Crippen LogP contribution in [-0.2, 0) is 0 Å². The Morgan fingerprint density at radius 2 is 2.17 bits per heavy atom. The Hall–Kier alpha value is -1.38. The minimum atomic E-state index is -0.00583. The molecule has 0 bridgehead atoms. The largest absolute Gasteiger partial charge is 0.274 e. The summed E-state index contributed by atoms with van der Waals surface area (Å²) in [5, 5.41) is 0. The third-order valence-electron chi connectivity index (χ3n) is 1.71. The van der Waals surface area contributed by atoms with Crippen LogP contribution in [0.3, 0.4) is 0 Å². The molecule has 0 aliphatic rings. The van der Waals surface area contributed by atoms with Crippen molar-refractivity contribution in [2.45, 2.75) is 13.8 Å². The third-order valence-corrected chi connectivity index (χ3v) is 1.71. The van der Waals surface area contributed by atoms with E-state index in [0.717, 1.165) is 5.69 Å². The molecule has 0 unspecified atom stereocenters. The molecule has 0 atom stereocenters. The van der Waals surface area contributed by atoms with Gasteiger partial charge in [0.15, 0.2) is 0 Å². The Balaban J connectivity index is 3.52. The lowest BCUT2D eigenvalue weighted by atomic mass is 10.3. The van der Waals surface area contributed by atoms with Crippen LogP contribution < -0.4 is 5.49 Å². The second-order valence-corrected chi connectivity index (χ2v) is 2.60. The van der Waals surface area contributed by atoms with Gasteiger partial charge in [0, 0.05) is 19.7 Å². The minimum absolute atomic E-state index is 0.00583. The number of carbonyl (C=O) groups excluding carboxylic acids is 1. The van der Waals surface area contributed by atoms with E-state index in [4.69, 9.17) is 0 Å². The predicted octanol–water partition coefficient (Wildman–Crippen LogP) is 0.987. The maximum absolute atomic E-state index is 11.1. The molecule has 0 spiro atoms. The minimum Gasteiger partial charge on any atom is -0.274 e. The van der Waals surface area contributed by atoms with Crippen LogP contribution in [0.5, 0.6) is 0 Å². The fourth-order valence-electron chi connectivity index (χ4n) is 1.19. The third kappa shape index (κ3) is 1.44. The number of aryl methyl sites for hydroxylation is 1. The zero-order valence-corrected chi connectivity index (χ0v) is 7.53. The van der Waals surface area contributed by atoms with Crippen LogP contribution in [0.4, 0.5) is 0 Å². The lowest BCUT2D eigenvalue weighted by Gasteiger charge is -2.05. The van der Waals surface area contributed by atoms with Crippen molar-refractivity contribution in [3.05, 3.63) is 29.4 Å². The second kappa shape index (κ2) is 3.34. The summed E-state index contributed by atoms with van der Waals surface area (Å²) in [6.45, 7) is 3.41. The molecule has 1 aromatic rings. The lowest BCUT2D eigenvalue weighted by molar-refractivity contribution is 0.0929. The van der Waals surface area contributed by atoms with E-state index in [2.05, 4.69) is 4.99 Å². The van der Waals surface area contributed by atoms with Crippen molar-refractivity contribution in [3.8, 4) is 0 Å². The van der Waals surface area contributed by atoms with Gasteiger partial charge >= 0.3 is 0 Å². The molecule has 3 heteroatoms. The topological polar surface area (TPSA) is 34.4 Å². The summed E-state index contributed by atoms with van der Waals surface area (Å²) in [7, 11) is 1.67. The molecule has 1 heterocycles. The van der Waals surface area contributed by atoms with Crippen molar-refractivity contribution in [1.29, 1.82) is 0 Å². The molecule has 64 valence electrons. The van der Waals surface area contributed by atoms with Gasteiger partial charge in [-0.2, -0.15) is 0 Å². The summed E-state index contributed by atoms with van der Waals surface area (Å²) < 4.78 is 1.58. The summed E-state index contributed by atoms with van der Waals surface area (Å²) in [4.78, 5) is 15.1. The quantitative estimate of drug-likeness (QED) is 0.563. The molecule has 1 aromatic heterocycles. The Kier molecular flexibility index (Phi) is 2.43. The van der Waals surface area contributed by atoms with Crippen molar-refractivity contribution >= 4 is 5.91 Å². The van der Waals surface area contributed by atoms with E-state index in [9.17, 15) is 4.79 Å². The van der Waals surface area contributed by atoms with Crippen LogP contribution in [0.25, 0.3) is 0 Å². The van der Waals surface area contributed by atoms with Crippen molar-refractivity contribution in [2.75, 3.05) is 7.05 Å². The SMILES string of the molecule is CN=c1cccc(C)n1C(C)=O. The van der Waals surface area contributed by atoms with Gasteiger partial charge in [0.25, 0.3) is 0 Å². The van der Waals surface area contributed by atoms with Gasteiger partial charge in [-0.15, -0.1) is 0 Å². The summed E-state index contributed by atoms with van der Waals surface area (Å²) in [6, 6.07) is 5.58. The molecule has 0 N–H and O–H groups in total. The van der Waals surface area contributed by atoms with Gasteiger partial charge in [-0.1, -0.05) is 6.07 Å². The van der Waals surface area contributed by atoms with Gasteiger partial charge in [-0.25, -0.2) is 0 Å². The zero-order chi connectivity index (χ0) is 9.14. The van der Waals surface area contributed by atoms with Crippen LogP contribution in [0, 0.1) is 6.92 Å². The lowest BCUT2D eigenvalue weighted by Crippen LogP contribution is -2.26. The van der Waals surface area contributed by atoms with Gasteiger partial charge in [-0.3, -0.25) is 14.4 Å². The molecule has 0 fully saturated rings. The van der Waals surface area contributed by atoms with Gasteiger partial charge < -0.3 is 0 Å². The highest BCUT2D eigenvalue weighted by Crippen LogP contribution is 1.92. The zero-order valence-electron chi connectivity index (χ0n) is 7.53. The number of aromatic nitrogens is 1. The van der Waals surface area contributed by atoms with Crippen LogP contribution in [0.1, 0.15) is 17.4 Å². The van der Waals surface area contributed by atoms with Crippen molar-refractivity contribution < 1.29 is 4.79 Å². The Morgan fingerprint density at radius 3 is 2.58 bits per heavy atom. The van der Waals surface area contributed by atoms with Gasteiger partial charge in [0.05, 0.1) is 0 Å². The van der Waals surface area contributed by atoms with Crippen LogP contribution >= 0.6 is 0 Å². The maximum atomic E-state index is 11.1. The number of pyridine rings is 1. The Bertz CT molecular complexity index is 363. The first-order chi connectivity index (χ1) is 5.66. The molecule has 12 heavy (non-hydrogen) atoms. The molecule has 0 radical (unpaired) electrons. The average Bonchev–Trinajstić information content (AvgIpc) is 2.03. The maximum Gasteiger partial charge on any atom is 0.229 e. The highest BCUT2D eigenvalue weighted by atomic mass is 16.1. The van der Waals surface area contributed by atoms with Crippen molar-refractivity contribution in [2.24, 2.45) is 4.99 Å². The normalized spacial score (nSPS) is 11.8. The van der Waals surface area contributed by atoms with Crippen LogP contribution in [0.15, 0.2) is 23.2 Å². The molecule has 0 aromatic carbocycles. The monoisotopic (exact) mass is 164 g/mol. The van der Waals surface area contributed by atoms with E-state index in [1.54, 1.807) is 11.6 Å². The number of rotatable bonds is 0. The molecule has 0 aliphatic heterocycles. The predicted molar refractivity (Wildman–Crippen MR) is 47.0 cm³/mol. The second-order valence-electron chi connectivity index (χ2n) is 2.60. The molecule has 0 aliphatic carbocycles. The number of carbonyl (C=O) groups is 1. The molecule has 0 saturated carbocycles. The van der Waals surface area contributed by atoms with Gasteiger partial charge in [0.1, 0.15) is 5.49 Å². The Morgan fingerprint density at radius 1 is 1.50 bits per heavy atom. The molecular formula is C9H12N2O. The molecule has 1 rings (SSSR count). The summed E-state index contributed by atoms with van der Waals surface area (Å²) in [5.41, 5.74) is 1.60. The van der Waals surface area contributed by atoms with E-state index in [1.165, 1.54) is 6.92 Å². The smallest absolute Gasteiger partial charge is 0.229 e. The summed E-state index contributed by atoms with van der Waals surface area (Å²) in [5.74, 6) is -0.00583. The average molecular weight is 164 g/mol. The summed E-state index contributed by atoms with van der Waals surface area (Å²) in [6.07, 6.45) is 0. The van der Waals surface area contributed by atoms with Crippen LogP contribution in [-0.4, -0.2) is 17.5 Å². The van der Waals surface area contributed by atoms with Crippen molar-refractivity contribution in [1.82, 2.24) is 4.57 Å². The van der Waals surface area contributed by atoms with E-state index in [0.29, 0.717) is 5.49 Å². The molecule has 3 nitrogen and oxygen atoms in total. The van der Waals surface area contributed by atoms with E-state index in [1.807, 2.05) is 25.1 Å². The Labute approximate surface area is 71.4 Å². The first kappa shape index (κ1) is 8.71. The van der Waals surface area contributed by atoms with E-state index in [-0.39, 0.29) is 5.91 Å². The van der Waals surface area contributed by atoms with E-state index < -0.39 is 0 Å².